The van der Waals surface area contributed by atoms with Crippen LogP contribution in [0.4, 0.5) is 4.39 Å². The Morgan fingerprint density at radius 3 is 2.37 bits per heavy atom. The lowest BCUT2D eigenvalue weighted by molar-refractivity contribution is 0.0936. The van der Waals surface area contributed by atoms with Crippen LogP contribution in [0.15, 0.2) is 42.6 Å². The molecule has 2 rings (SSSR count). The molecule has 3 N–H and O–H groups in total. The zero-order chi connectivity index (χ0) is 19.9. The minimum absolute atomic E-state index is 0.0270. The lowest BCUT2D eigenvalue weighted by Gasteiger charge is -2.08. The summed E-state index contributed by atoms with van der Waals surface area (Å²) in [7, 11) is -3.90. The Hall–Kier alpha value is -2.85. The maximum absolute atomic E-state index is 12.8. The van der Waals surface area contributed by atoms with Gasteiger partial charge in [0.15, 0.2) is 0 Å². The number of nitrogens with one attached hydrogen (secondary N) is 2. The summed E-state index contributed by atoms with van der Waals surface area (Å²) >= 11 is 0. The second-order valence-electron chi connectivity index (χ2n) is 5.54. The fourth-order valence-electron chi connectivity index (χ4n) is 2.08. The third-order valence-electron chi connectivity index (χ3n) is 3.48. The topological polar surface area (TPSA) is 125 Å². The van der Waals surface area contributed by atoms with E-state index in [2.05, 4.69) is 10.3 Å². The molecule has 1 heterocycles. The Morgan fingerprint density at radius 1 is 1.07 bits per heavy atom. The van der Waals surface area contributed by atoms with Crippen molar-refractivity contribution in [1.29, 1.82) is 0 Å². The second kappa shape index (κ2) is 9.19. The van der Waals surface area contributed by atoms with Crippen molar-refractivity contribution in [3.63, 3.8) is 0 Å². The van der Waals surface area contributed by atoms with Crippen molar-refractivity contribution in [3.05, 3.63) is 65.2 Å². The van der Waals surface area contributed by atoms with Crippen molar-refractivity contribution in [3.8, 4) is 0 Å². The van der Waals surface area contributed by atoms with Gasteiger partial charge in [-0.2, -0.15) is 0 Å². The van der Waals surface area contributed by atoms with Gasteiger partial charge >= 0.3 is 0 Å². The van der Waals surface area contributed by atoms with Gasteiger partial charge in [0.25, 0.3) is 11.8 Å². The highest BCUT2D eigenvalue weighted by molar-refractivity contribution is 7.90. The Kier molecular flexibility index (Phi) is 6.97. The molecule has 0 spiro atoms. The van der Waals surface area contributed by atoms with E-state index in [1.165, 1.54) is 36.4 Å². The van der Waals surface area contributed by atoms with Crippen LogP contribution in [0, 0.1) is 5.82 Å². The standard InChI is InChI=1S/C17H18FN3O5S/c18-14-4-1-12(2-5-14)7-10-27(25,26)21-16(23)13-3-6-15(20-11-13)17(24)19-8-9-22/h1-6,11,22H,7-10H2,(H,19,24)(H,21,23). The number of carbonyl (C=O) groups is 2. The average Bonchev–Trinajstić information content (AvgIpc) is 2.65. The molecule has 1 aromatic heterocycles. The number of aromatic nitrogens is 1. The predicted molar refractivity (Wildman–Crippen MR) is 95.0 cm³/mol. The number of hydrogen-bond donors (Lipinski definition) is 3. The highest BCUT2D eigenvalue weighted by Crippen LogP contribution is 2.06. The van der Waals surface area contributed by atoms with Gasteiger partial charge in [0.1, 0.15) is 11.5 Å². The van der Waals surface area contributed by atoms with Gasteiger partial charge in [-0.3, -0.25) is 14.6 Å². The van der Waals surface area contributed by atoms with E-state index in [1.54, 1.807) is 0 Å². The van der Waals surface area contributed by atoms with Crippen molar-refractivity contribution >= 4 is 21.8 Å². The third kappa shape index (κ3) is 6.42. The first-order valence-electron chi connectivity index (χ1n) is 7.95. The molecule has 2 aromatic rings. The van der Waals surface area contributed by atoms with Crippen LogP contribution in [0.5, 0.6) is 0 Å². The highest BCUT2D eigenvalue weighted by atomic mass is 32.2. The summed E-state index contributed by atoms with van der Waals surface area (Å²) in [6.45, 7) is -0.156. The lowest BCUT2D eigenvalue weighted by atomic mass is 10.2. The monoisotopic (exact) mass is 395 g/mol. The van der Waals surface area contributed by atoms with Gasteiger partial charge in [-0.15, -0.1) is 0 Å². The summed E-state index contributed by atoms with van der Waals surface area (Å²) in [5.74, 6) is -2.16. The van der Waals surface area contributed by atoms with Crippen molar-refractivity contribution in [2.45, 2.75) is 6.42 Å². The Labute approximate surface area is 155 Å². The maximum atomic E-state index is 12.8. The summed E-state index contributed by atoms with van der Waals surface area (Å²) < 4.78 is 38.8. The van der Waals surface area contributed by atoms with E-state index >= 15 is 0 Å². The number of aliphatic hydroxyl groups excluding tert-OH is 1. The van der Waals surface area contributed by atoms with E-state index in [-0.39, 0.29) is 36.6 Å². The number of pyridine rings is 1. The van der Waals surface area contributed by atoms with Crippen molar-refractivity contribution in [2.75, 3.05) is 18.9 Å². The average molecular weight is 395 g/mol. The van der Waals surface area contributed by atoms with Gasteiger partial charge in [-0.05, 0) is 36.2 Å². The third-order valence-corrected chi connectivity index (χ3v) is 4.71. The molecule has 8 nitrogen and oxygen atoms in total. The smallest absolute Gasteiger partial charge is 0.269 e. The van der Waals surface area contributed by atoms with E-state index in [0.29, 0.717) is 5.56 Å². The van der Waals surface area contributed by atoms with E-state index in [4.69, 9.17) is 5.11 Å². The lowest BCUT2D eigenvalue weighted by Crippen LogP contribution is -2.33. The van der Waals surface area contributed by atoms with Crippen molar-refractivity contribution < 1.29 is 27.5 Å². The molecule has 0 aliphatic carbocycles. The molecule has 1 aromatic carbocycles. The van der Waals surface area contributed by atoms with Crippen LogP contribution in [0.3, 0.4) is 0 Å². The number of aliphatic hydroxyl groups is 1. The van der Waals surface area contributed by atoms with Gasteiger partial charge < -0.3 is 10.4 Å². The first-order valence-corrected chi connectivity index (χ1v) is 9.60. The molecular formula is C17H18FN3O5S. The normalized spacial score (nSPS) is 11.0. The van der Waals surface area contributed by atoms with Crippen LogP contribution in [0.2, 0.25) is 0 Å². The minimum Gasteiger partial charge on any atom is -0.395 e. The zero-order valence-corrected chi connectivity index (χ0v) is 15.0. The number of amides is 2. The van der Waals surface area contributed by atoms with E-state index in [9.17, 15) is 22.4 Å². The molecule has 0 unspecified atom stereocenters. The summed E-state index contributed by atoms with van der Waals surface area (Å²) in [4.78, 5) is 27.5. The van der Waals surface area contributed by atoms with Crippen LogP contribution in [0.1, 0.15) is 26.4 Å². The Morgan fingerprint density at radius 2 is 1.78 bits per heavy atom. The van der Waals surface area contributed by atoms with E-state index < -0.39 is 27.7 Å². The van der Waals surface area contributed by atoms with Crippen LogP contribution in [0.25, 0.3) is 0 Å². The first kappa shape index (κ1) is 20.5. The summed E-state index contributed by atoms with van der Waals surface area (Å²) in [6, 6.07) is 7.93. The first-order chi connectivity index (χ1) is 12.8. The molecule has 0 saturated carbocycles. The second-order valence-corrected chi connectivity index (χ2v) is 7.38. The molecule has 0 saturated heterocycles. The SMILES string of the molecule is O=C(NS(=O)(=O)CCc1ccc(F)cc1)c1ccc(C(=O)NCCO)nc1. The van der Waals surface area contributed by atoms with Crippen molar-refractivity contribution in [2.24, 2.45) is 0 Å². The number of benzene rings is 1. The Balaban J connectivity index is 1.94. The number of carbonyl (C=O) groups excluding carboxylic acids is 2. The summed E-state index contributed by atoms with van der Waals surface area (Å²) in [5.41, 5.74) is 0.618. The molecule has 2 amide bonds. The molecule has 0 radical (unpaired) electrons. The number of rotatable bonds is 8. The molecule has 0 bridgehead atoms. The molecule has 0 aliphatic rings. The van der Waals surface area contributed by atoms with Gasteiger partial charge in [0.2, 0.25) is 10.0 Å². The summed E-state index contributed by atoms with van der Waals surface area (Å²) in [5, 5.41) is 11.1. The van der Waals surface area contributed by atoms with Crippen LogP contribution >= 0.6 is 0 Å². The van der Waals surface area contributed by atoms with Crippen LogP contribution in [-0.2, 0) is 16.4 Å². The molecule has 27 heavy (non-hydrogen) atoms. The number of hydrogen-bond acceptors (Lipinski definition) is 6. The molecule has 0 aliphatic heterocycles. The van der Waals surface area contributed by atoms with Crippen molar-refractivity contribution in [1.82, 2.24) is 15.0 Å². The molecule has 144 valence electrons. The van der Waals surface area contributed by atoms with E-state index in [1.807, 2.05) is 4.72 Å². The fraction of sp³-hybridized carbons (Fsp3) is 0.235. The molecule has 0 atom stereocenters. The minimum atomic E-state index is -3.90. The number of aryl methyl sites for hydroxylation is 1. The molecular weight excluding hydrogens is 377 g/mol. The summed E-state index contributed by atoms with van der Waals surface area (Å²) in [6.07, 6.45) is 1.20. The van der Waals surface area contributed by atoms with Gasteiger partial charge in [-0.25, -0.2) is 17.5 Å². The van der Waals surface area contributed by atoms with Gasteiger partial charge in [-0.1, -0.05) is 12.1 Å². The Bertz CT molecular complexity index is 899. The molecule has 10 heteroatoms. The number of nitrogens with zero attached hydrogens (tertiary/aromatic N) is 1. The van der Waals surface area contributed by atoms with Gasteiger partial charge in [0.05, 0.1) is 17.9 Å². The van der Waals surface area contributed by atoms with Crippen LogP contribution < -0.4 is 10.0 Å². The van der Waals surface area contributed by atoms with E-state index in [0.717, 1.165) is 6.20 Å². The predicted octanol–water partition coefficient (Wildman–Crippen LogP) is 0.245. The highest BCUT2D eigenvalue weighted by Gasteiger charge is 2.17. The van der Waals surface area contributed by atoms with Crippen LogP contribution in [-0.4, -0.2) is 49.2 Å². The zero-order valence-electron chi connectivity index (χ0n) is 14.2. The van der Waals surface area contributed by atoms with Gasteiger partial charge in [0, 0.05) is 12.7 Å². The maximum Gasteiger partial charge on any atom is 0.269 e. The number of sulfonamides is 1. The molecule has 0 fully saturated rings. The fourth-order valence-corrected chi connectivity index (χ4v) is 3.08. The quantitative estimate of drug-likeness (QED) is 0.588. The largest absolute Gasteiger partial charge is 0.395 e. The number of halogens is 1.